The van der Waals surface area contributed by atoms with Gasteiger partial charge in [-0.25, -0.2) is 0 Å². The Bertz CT molecular complexity index is 826. The normalized spacial score (nSPS) is 11.5. The molecule has 0 fully saturated rings. The van der Waals surface area contributed by atoms with E-state index in [1.54, 1.807) is 16.7 Å². The number of nitrogens with zero attached hydrogens (tertiary/aromatic N) is 3. The number of hydrogen-bond acceptors (Lipinski definition) is 4. The van der Waals surface area contributed by atoms with Crippen LogP contribution >= 0.6 is 0 Å². The van der Waals surface area contributed by atoms with Crippen LogP contribution in [0.25, 0.3) is 0 Å². The van der Waals surface area contributed by atoms with Gasteiger partial charge in [0.25, 0.3) is 0 Å². The molecule has 66 heavy (non-hydrogen) atoms. The molecule has 0 saturated carbocycles. The lowest BCUT2D eigenvalue weighted by atomic mass is 9.78. The lowest BCUT2D eigenvalue weighted by Gasteiger charge is -2.28. The van der Waals surface area contributed by atoms with E-state index < -0.39 is 0 Å². The van der Waals surface area contributed by atoms with Gasteiger partial charge in [0, 0.05) is 19.8 Å². The highest BCUT2D eigenvalue weighted by Crippen LogP contribution is 2.33. The molecule has 404 valence electrons. The van der Waals surface area contributed by atoms with E-state index in [1.807, 2.05) is 0 Å². The minimum absolute atomic E-state index is 0.667. The Hall–Kier alpha value is -0.680. The van der Waals surface area contributed by atoms with E-state index in [9.17, 15) is 0 Å². The summed E-state index contributed by atoms with van der Waals surface area (Å²) in [5.41, 5.74) is 5.59. The quantitative estimate of drug-likeness (QED) is 0.0513. The molecular weight excluding hydrogens is 801 g/mol. The molecule has 0 aromatic rings. The molecule has 0 unspecified atom stereocenters. The summed E-state index contributed by atoms with van der Waals surface area (Å²) in [5.74, 6) is 3.74. The van der Waals surface area contributed by atoms with Crippen LogP contribution in [-0.2, 0) is 0 Å². The van der Waals surface area contributed by atoms with Crippen molar-refractivity contribution in [3.05, 3.63) is 22.8 Å². The predicted octanol–water partition coefficient (Wildman–Crippen LogP) is 19.9. The van der Waals surface area contributed by atoms with Crippen LogP contribution in [-0.4, -0.2) is 80.3 Å². The van der Waals surface area contributed by atoms with E-state index in [1.165, 1.54) is 148 Å². The molecule has 0 rings (SSSR count). The van der Waals surface area contributed by atoms with Crippen LogP contribution in [0.5, 0.6) is 0 Å². The lowest BCUT2D eigenvalue weighted by molar-refractivity contribution is 0.240. The van der Waals surface area contributed by atoms with E-state index in [0.29, 0.717) is 5.41 Å². The van der Waals surface area contributed by atoms with Gasteiger partial charge in [-0.2, -0.15) is 0 Å². The fraction of sp³-hybridized carbons (Fsp3) is 0.935. The van der Waals surface area contributed by atoms with Crippen molar-refractivity contribution >= 4 is 0 Å². The van der Waals surface area contributed by atoms with Gasteiger partial charge in [-0.3, -0.25) is 9.80 Å². The van der Waals surface area contributed by atoms with Crippen LogP contribution in [0.1, 0.15) is 288 Å². The Morgan fingerprint density at radius 3 is 0.955 bits per heavy atom. The smallest absolute Gasteiger partial charge is 0.0480 e. The standard InChI is InChI=1S/C11H26N2.C11H23N.C11H24.C10H23N.C10H20.C9H20/c1-5-11(6-2)9-12-10-13(7-3)8-4;1-5-9-11(6-2)10-12(7-3)8-4;2*1-5-10(6-2)9-11(7-3)8-4;1-5-9(6-2)10(7-3)8-4;1-5-9(6-2,7-3)8-4/h11-12H,5-10H2,1-4H3;9H,5-8,10H2,1-4H3;10-11H,5-9H2,1-4H3;10H,5-9H2,1-4H3;5-8H2,1-4H3;5-8H2,1-4H3. The molecule has 1 N–H and O–H groups in total. The van der Waals surface area contributed by atoms with Crippen LogP contribution in [0.15, 0.2) is 22.8 Å². The van der Waals surface area contributed by atoms with Gasteiger partial charge in [0.2, 0.25) is 0 Å². The first-order valence-electron chi connectivity index (χ1n) is 29.9. The molecule has 0 aliphatic carbocycles. The van der Waals surface area contributed by atoms with Crippen molar-refractivity contribution in [2.45, 2.75) is 288 Å². The molecule has 0 aromatic heterocycles. The first-order valence-corrected chi connectivity index (χ1v) is 29.9. The zero-order chi connectivity index (χ0) is 52.2. The molecule has 4 nitrogen and oxygen atoms in total. The SMILES string of the molecule is CCC(CC)(CC)CC.CCC(CC)=C(CC)CC.CCC(CC)CC(CC)CC.CCC(CC)CN(CC)CC.CCC(CC)CNCN(CC)CC.CCC=C(CC)CN(CC)CC. The van der Waals surface area contributed by atoms with E-state index in [-0.39, 0.29) is 0 Å². The number of likely N-dealkylation sites (N-methyl/N-ethyl adjacent to an activating group) is 1. The van der Waals surface area contributed by atoms with Gasteiger partial charge in [-0.05, 0) is 120 Å². The molecule has 0 saturated heterocycles. The summed E-state index contributed by atoms with van der Waals surface area (Å²) in [6.45, 7) is 66.1. The van der Waals surface area contributed by atoms with Gasteiger partial charge in [0.15, 0.2) is 0 Å². The van der Waals surface area contributed by atoms with Crippen molar-refractivity contribution in [3.8, 4) is 0 Å². The molecule has 0 aromatic carbocycles. The van der Waals surface area contributed by atoms with E-state index in [0.717, 1.165) is 63.1 Å². The van der Waals surface area contributed by atoms with Crippen molar-refractivity contribution in [1.82, 2.24) is 20.0 Å². The van der Waals surface area contributed by atoms with Crippen molar-refractivity contribution in [2.24, 2.45) is 29.1 Å². The average Bonchev–Trinajstić information content (AvgIpc) is 3.37. The number of hydrogen-bond donors (Lipinski definition) is 1. The Kier molecular flexibility index (Phi) is 68.2. The molecule has 0 atom stereocenters. The third kappa shape index (κ3) is 44.5. The Morgan fingerprint density at radius 1 is 0.394 bits per heavy atom. The van der Waals surface area contributed by atoms with Crippen molar-refractivity contribution in [2.75, 3.05) is 65.6 Å². The molecule has 0 bridgehead atoms. The molecule has 0 aliphatic heterocycles. The fourth-order valence-electron chi connectivity index (χ4n) is 8.90. The van der Waals surface area contributed by atoms with Gasteiger partial charge in [0.1, 0.15) is 0 Å². The Balaban J connectivity index is -0.000000164. The fourth-order valence-corrected chi connectivity index (χ4v) is 8.90. The average molecular weight is 938 g/mol. The second-order valence-corrected chi connectivity index (χ2v) is 19.0. The zero-order valence-corrected chi connectivity index (χ0v) is 51.2. The summed E-state index contributed by atoms with van der Waals surface area (Å²) in [4.78, 5) is 7.38. The largest absolute Gasteiger partial charge is 0.304 e. The molecule has 0 aliphatic rings. The van der Waals surface area contributed by atoms with E-state index in [2.05, 4.69) is 192 Å². The van der Waals surface area contributed by atoms with Gasteiger partial charge < -0.3 is 10.2 Å². The minimum Gasteiger partial charge on any atom is -0.304 e. The van der Waals surface area contributed by atoms with Crippen molar-refractivity contribution in [3.63, 3.8) is 0 Å². The van der Waals surface area contributed by atoms with E-state index >= 15 is 0 Å². The van der Waals surface area contributed by atoms with Crippen LogP contribution in [0.4, 0.5) is 0 Å². The lowest BCUT2D eigenvalue weighted by Crippen LogP contribution is -2.36. The van der Waals surface area contributed by atoms with Crippen molar-refractivity contribution < 1.29 is 0 Å². The molecule has 0 heterocycles. The monoisotopic (exact) mass is 937 g/mol. The van der Waals surface area contributed by atoms with Gasteiger partial charge in [-0.1, -0.05) is 266 Å². The van der Waals surface area contributed by atoms with E-state index in [4.69, 9.17) is 0 Å². The summed E-state index contributed by atoms with van der Waals surface area (Å²) in [5, 5.41) is 3.52. The minimum atomic E-state index is 0.667. The third-order valence-electron chi connectivity index (χ3n) is 15.8. The summed E-state index contributed by atoms with van der Waals surface area (Å²) in [7, 11) is 0. The van der Waals surface area contributed by atoms with Gasteiger partial charge in [-0.15, -0.1) is 0 Å². The highest BCUT2D eigenvalue weighted by molar-refractivity contribution is 5.12. The predicted molar refractivity (Wildman–Crippen MR) is 313 cm³/mol. The second kappa shape index (κ2) is 58.6. The molecule has 4 heteroatoms. The Morgan fingerprint density at radius 2 is 0.727 bits per heavy atom. The molecule has 0 radical (unpaired) electrons. The maximum atomic E-state index is 3.52. The topological polar surface area (TPSA) is 21.8 Å². The number of nitrogens with one attached hydrogen (secondary N) is 1. The highest BCUT2D eigenvalue weighted by Gasteiger charge is 2.20. The maximum Gasteiger partial charge on any atom is 0.0480 e. The molecule has 0 amide bonds. The highest BCUT2D eigenvalue weighted by atomic mass is 15.2. The van der Waals surface area contributed by atoms with Crippen molar-refractivity contribution in [1.29, 1.82) is 0 Å². The first-order chi connectivity index (χ1) is 31.6. The van der Waals surface area contributed by atoms with Gasteiger partial charge in [0.05, 0.1) is 0 Å². The number of allylic oxidation sites excluding steroid dienone is 3. The summed E-state index contributed by atoms with van der Waals surface area (Å²) in [6.07, 6.45) is 27.2. The summed E-state index contributed by atoms with van der Waals surface area (Å²) in [6, 6.07) is 0. The molecule has 0 spiro atoms. The second-order valence-electron chi connectivity index (χ2n) is 19.0. The molecular formula is C62H136N4. The van der Waals surface area contributed by atoms with Crippen LogP contribution < -0.4 is 5.32 Å². The zero-order valence-electron chi connectivity index (χ0n) is 51.2. The van der Waals surface area contributed by atoms with Crippen LogP contribution in [0, 0.1) is 29.1 Å². The van der Waals surface area contributed by atoms with Crippen LogP contribution in [0.3, 0.4) is 0 Å². The summed E-state index contributed by atoms with van der Waals surface area (Å²) >= 11 is 0. The summed E-state index contributed by atoms with van der Waals surface area (Å²) < 4.78 is 0. The Labute approximate surface area is 423 Å². The van der Waals surface area contributed by atoms with Crippen LogP contribution in [0.2, 0.25) is 0 Å². The van der Waals surface area contributed by atoms with Gasteiger partial charge >= 0.3 is 0 Å². The maximum absolute atomic E-state index is 3.52. The number of rotatable bonds is 34. The first kappa shape index (κ1) is 76.8. The third-order valence-corrected chi connectivity index (χ3v) is 15.8.